The number of thioether (sulfide) groups is 1. The summed E-state index contributed by atoms with van der Waals surface area (Å²) < 4.78 is 10.8. The van der Waals surface area contributed by atoms with E-state index < -0.39 is 5.91 Å². The minimum atomic E-state index is -0.410. The van der Waals surface area contributed by atoms with Crippen LogP contribution in [-0.2, 0) is 11.3 Å². The number of anilines is 1. The molecule has 1 fully saturated rings. The molecule has 1 aromatic heterocycles. The maximum Gasteiger partial charge on any atom is 0.262 e. The van der Waals surface area contributed by atoms with Gasteiger partial charge in [-0.2, -0.15) is 11.8 Å². The van der Waals surface area contributed by atoms with Gasteiger partial charge in [0.2, 0.25) is 11.2 Å². The normalized spacial score (nSPS) is 14.8. The van der Waals surface area contributed by atoms with Crippen molar-refractivity contribution >= 4 is 35.0 Å². The lowest BCUT2D eigenvalue weighted by Gasteiger charge is -2.25. The van der Waals surface area contributed by atoms with E-state index in [1.54, 1.807) is 24.3 Å². The highest BCUT2D eigenvalue weighted by Gasteiger charge is 2.14. The molecule has 1 aliphatic rings. The second kappa shape index (κ2) is 9.12. The molecule has 0 aliphatic carbocycles. The molecule has 1 aromatic carbocycles. The molecular formula is C18H19ClN2O4S. The maximum atomic E-state index is 12.1. The first-order chi connectivity index (χ1) is 12.6. The Labute approximate surface area is 160 Å². The molecule has 1 aliphatic heterocycles. The SMILES string of the molecule is O=C(COc1coc(CN2CCSCC2)cc1=O)Nc1ccccc1Cl. The summed E-state index contributed by atoms with van der Waals surface area (Å²) in [7, 11) is 0. The molecule has 1 amide bonds. The lowest BCUT2D eigenvalue weighted by atomic mass is 10.3. The highest BCUT2D eigenvalue weighted by Crippen LogP contribution is 2.20. The average molecular weight is 395 g/mol. The van der Waals surface area contributed by atoms with Crippen molar-refractivity contribution in [3.63, 3.8) is 0 Å². The Kier molecular flexibility index (Phi) is 6.60. The number of halogens is 1. The number of nitrogens with zero attached hydrogens (tertiary/aromatic N) is 1. The summed E-state index contributed by atoms with van der Waals surface area (Å²) in [5.41, 5.74) is 0.188. The number of hydrogen-bond acceptors (Lipinski definition) is 6. The highest BCUT2D eigenvalue weighted by molar-refractivity contribution is 7.99. The second-order valence-corrected chi connectivity index (χ2v) is 7.41. The van der Waals surface area contributed by atoms with Gasteiger partial charge in [0.25, 0.3) is 5.91 Å². The van der Waals surface area contributed by atoms with Gasteiger partial charge < -0.3 is 14.5 Å². The van der Waals surface area contributed by atoms with Crippen LogP contribution in [0.15, 0.2) is 45.8 Å². The third kappa shape index (κ3) is 5.27. The number of carbonyl (C=O) groups is 1. The number of carbonyl (C=O) groups excluding carboxylic acids is 1. The molecule has 0 bridgehead atoms. The van der Waals surface area contributed by atoms with Gasteiger partial charge in [0, 0.05) is 30.7 Å². The van der Waals surface area contributed by atoms with Crippen LogP contribution >= 0.6 is 23.4 Å². The fourth-order valence-corrected chi connectivity index (χ4v) is 3.66. The first-order valence-electron chi connectivity index (χ1n) is 8.21. The van der Waals surface area contributed by atoms with E-state index in [0.717, 1.165) is 24.6 Å². The minimum absolute atomic E-state index is 0.0114. The first-order valence-corrected chi connectivity index (χ1v) is 9.74. The van der Waals surface area contributed by atoms with Crippen molar-refractivity contribution < 1.29 is 13.9 Å². The average Bonchev–Trinajstić information content (AvgIpc) is 2.64. The molecule has 0 atom stereocenters. The van der Waals surface area contributed by atoms with E-state index in [-0.39, 0.29) is 17.8 Å². The third-order valence-corrected chi connectivity index (χ3v) is 5.11. The lowest BCUT2D eigenvalue weighted by Crippen LogP contribution is -2.32. The van der Waals surface area contributed by atoms with Crippen LogP contribution in [0.25, 0.3) is 0 Å². The first kappa shape index (κ1) is 18.8. The van der Waals surface area contributed by atoms with Gasteiger partial charge in [0.05, 0.1) is 17.3 Å². The van der Waals surface area contributed by atoms with Crippen LogP contribution in [0.2, 0.25) is 5.02 Å². The standard InChI is InChI=1S/C18H19ClN2O4S/c19-14-3-1-2-4-15(14)20-18(23)12-25-17-11-24-13(9-16(17)22)10-21-5-7-26-8-6-21/h1-4,9,11H,5-8,10,12H2,(H,20,23). The number of rotatable bonds is 6. The van der Waals surface area contributed by atoms with E-state index in [1.807, 2.05) is 11.8 Å². The van der Waals surface area contributed by atoms with Crippen molar-refractivity contribution in [3.05, 3.63) is 57.6 Å². The third-order valence-electron chi connectivity index (χ3n) is 3.84. The summed E-state index contributed by atoms with van der Waals surface area (Å²) in [6.45, 7) is 2.26. The Morgan fingerprint density at radius 2 is 2.08 bits per heavy atom. The zero-order valence-electron chi connectivity index (χ0n) is 14.1. The van der Waals surface area contributed by atoms with E-state index in [2.05, 4.69) is 10.2 Å². The summed E-state index contributed by atoms with van der Waals surface area (Å²) in [6, 6.07) is 8.30. The van der Waals surface area contributed by atoms with Crippen LogP contribution in [0.5, 0.6) is 5.75 Å². The molecule has 2 heterocycles. The molecule has 0 saturated carbocycles. The Morgan fingerprint density at radius 1 is 1.31 bits per heavy atom. The number of para-hydroxylation sites is 1. The van der Waals surface area contributed by atoms with Crippen molar-refractivity contribution in [2.75, 3.05) is 36.5 Å². The van der Waals surface area contributed by atoms with Gasteiger partial charge in [0.15, 0.2) is 6.61 Å². The van der Waals surface area contributed by atoms with Gasteiger partial charge in [0.1, 0.15) is 12.0 Å². The topological polar surface area (TPSA) is 71.8 Å². The van der Waals surface area contributed by atoms with E-state index in [4.69, 9.17) is 20.8 Å². The second-order valence-electron chi connectivity index (χ2n) is 5.78. The summed E-state index contributed by atoms with van der Waals surface area (Å²) >= 11 is 7.91. The fourth-order valence-electron chi connectivity index (χ4n) is 2.50. The molecule has 0 spiro atoms. The zero-order chi connectivity index (χ0) is 18.4. The largest absolute Gasteiger partial charge is 0.477 e. The summed E-state index contributed by atoms with van der Waals surface area (Å²) in [5, 5.41) is 3.06. The Bertz CT molecular complexity index is 821. The van der Waals surface area contributed by atoms with Crippen molar-refractivity contribution in [1.29, 1.82) is 0 Å². The molecular weight excluding hydrogens is 376 g/mol. The molecule has 3 rings (SSSR count). The number of ether oxygens (including phenoxy) is 1. The van der Waals surface area contributed by atoms with Crippen molar-refractivity contribution in [2.24, 2.45) is 0 Å². The minimum Gasteiger partial charge on any atom is -0.477 e. The monoisotopic (exact) mass is 394 g/mol. The molecule has 2 aromatic rings. The predicted octanol–water partition coefficient (Wildman–Crippen LogP) is 2.86. The van der Waals surface area contributed by atoms with Crippen LogP contribution in [-0.4, -0.2) is 42.0 Å². The van der Waals surface area contributed by atoms with Crippen molar-refractivity contribution in [3.8, 4) is 5.75 Å². The van der Waals surface area contributed by atoms with E-state index >= 15 is 0 Å². The van der Waals surface area contributed by atoms with Gasteiger partial charge in [-0.05, 0) is 12.1 Å². The maximum absolute atomic E-state index is 12.1. The summed E-state index contributed by atoms with van der Waals surface area (Å²) in [4.78, 5) is 26.3. The molecule has 0 unspecified atom stereocenters. The van der Waals surface area contributed by atoms with Gasteiger partial charge in [-0.25, -0.2) is 0 Å². The Balaban J connectivity index is 1.54. The van der Waals surface area contributed by atoms with Crippen molar-refractivity contribution in [2.45, 2.75) is 6.54 Å². The lowest BCUT2D eigenvalue weighted by molar-refractivity contribution is -0.118. The van der Waals surface area contributed by atoms with Crippen LogP contribution in [0, 0.1) is 0 Å². The molecule has 1 saturated heterocycles. The zero-order valence-corrected chi connectivity index (χ0v) is 15.6. The summed E-state index contributed by atoms with van der Waals surface area (Å²) in [5.74, 6) is 2.37. The van der Waals surface area contributed by atoms with Crippen LogP contribution in [0.1, 0.15) is 5.76 Å². The van der Waals surface area contributed by atoms with Crippen molar-refractivity contribution in [1.82, 2.24) is 4.90 Å². The fraction of sp³-hybridized carbons (Fsp3) is 0.333. The quantitative estimate of drug-likeness (QED) is 0.812. The van der Waals surface area contributed by atoms with E-state index in [9.17, 15) is 9.59 Å². The van der Waals surface area contributed by atoms with Crippen LogP contribution in [0.4, 0.5) is 5.69 Å². The molecule has 0 radical (unpaired) electrons. The Morgan fingerprint density at radius 3 is 2.81 bits per heavy atom. The smallest absolute Gasteiger partial charge is 0.262 e. The van der Waals surface area contributed by atoms with E-state index in [1.165, 1.54) is 12.3 Å². The number of hydrogen-bond donors (Lipinski definition) is 1. The van der Waals surface area contributed by atoms with Crippen LogP contribution in [0.3, 0.4) is 0 Å². The molecule has 138 valence electrons. The highest BCUT2D eigenvalue weighted by atomic mass is 35.5. The molecule has 6 nitrogen and oxygen atoms in total. The summed E-state index contributed by atoms with van der Waals surface area (Å²) in [6.07, 6.45) is 1.26. The van der Waals surface area contributed by atoms with E-state index in [0.29, 0.717) is 23.0 Å². The van der Waals surface area contributed by atoms with Gasteiger partial charge in [-0.15, -0.1) is 0 Å². The van der Waals surface area contributed by atoms with Gasteiger partial charge in [-0.1, -0.05) is 23.7 Å². The number of benzene rings is 1. The molecule has 1 N–H and O–H groups in total. The van der Waals surface area contributed by atoms with Crippen LogP contribution < -0.4 is 15.5 Å². The Hall–Kier alpha value is -1.96. The predicted molar refractivity (Wildman–Crippen MR) is 103 cm³/mol. The molecule has 8 heteroatoms. The number of amides is 1. The van der Waals surface area contributed by atoms with Gasteiger partial charge in [-0.3, -0.25) is 14.5 Å². The van der Waals surface area contributed by atoms with Gasteiger partial charge >= 0.3 is 0 Å². The number of nitrogens with one attached hydrogen (secondary N) is 1. The molecule has 26 heavy (non-hydrogen) atoms.